The summed E-state index contributed by atoms with van der Waals surface area (Å²) in [5.74, 6) is 0.0302. The number of hydrogen-bond acceptors (Lipinski definition) is 4. The lowest BCUT2D eigenvalue weighted by atomic mass is 10.0. The molecule has 1 N–H and O–H groups in total. The van der Waals surface area contributed by atoms with Gasteiger partial charge in [0.05, 0.1) is 11.4 Å². The van der Waals surface area contributed by atoms with E-state index in [-0.39, 0.29) is 18.4 Å². The van der Waals surface area contributed by atoms with Gasteiger partial charge < -0.3 is 10.2 Å². The standard InChI is InChI=1S/C21H21N3O2S/c1-14-4-6-16(7-5-14)17-9-11-27-20(17)21(26)24(3)13-19(25)23-18-12-15(2)8-10-22-18/h4-12H,13H2,1-3H3,(H,22,23,25). The molecule has 0 aliphatic rings. The van der Waals surface area contributed by atoms with Gasteiger partial charge in [0, 0.05) is 18.8 Å². The monoisotopic (exact) mass is 379 g/mol. The van der Waals surface area contributed by atoms with Crippen LogP contribution in [0.15, 0.2) is 54.0 Å². The SMILES string of the molecule is Cc1ccc(-c2ccsc2C(=O)N(C)CC(=O)Nc2cc(C)ccn2)cc1. The van der Waals surface area contributed by atoms with E-state index < -0.39 is 0 Å². The summed E-state index contributed by atoms with van der Waals surface area (Å²) < 4.78 is 0. The molecule has 0 saturated carbocycles. The molecule has 5 nitrogen and oxygen atoms in total. The molecule has 0 unspecified atom stereocenters. The first-order valence-electron chi connectivity index (χ1n) is 8.56. The third kappa shape index (κ3) is 4.60. The van der Waals surface area contributed by atoms with E-state index in [1.54, 1.807) is 19.3 Å². The second-order valence-corrected chi connectivity index (χ2v) is 7.37. The number of nitrogens with one attached hydrogen (secondary N) is 1. The molecule has 27 heavy (non-hydrogen) atoms. The highest BCUT2D eigenvalue weighted by Crippen LogP contribution is 2.29. The maximum Gasteiger partial charge on any atom is 0.264 e. The van der Waals surface area contributed by atoms with Gasteiger partial charge in [-0.2, -0.15) is 0 Å². The molecule has 138 valence electrons. The number of carbonyl (C=O) groups excluding carboxylic acids is 2. The van der Waals surface area contributed by atoms with Crippen molar-refractivity contribution in [3.63, 3.8) is 0 Å². The summed E-state index contributed by atoms with van der Waals surface area (Å²) in [6.45, 7) is 3.91. The molecular weight excluding hydrogens is 358 g/mol. The number of carbonyl (C=O) groups is 2. The zero-order chi connectivity index (χ0) is 19.4. The summed E-state index contributed by atoms with van der Waals surface area (Å²) in [4.78, 5) is 31.3. The Labute approximate surface area is 162 Å². The molecule has 0 fully saturated rings. The van der Waals surface area contributed by atoms with E-state index in [1.807, 2.05) is 55.6 Å². The van der Waals surface area contributed by atoms with Crippen LogP contribution in [0.3, 0.4) is 0 Å². The number of likely N-dealkylation sites (N-methyl/N-ethyl adjacent to an activating group) is 1. The average Bonchev–Trinajstić information content (AvgIpc) is 3.11. The zero-order valence-corrected chi connectivity index (χ0v) is 16.3. The number of nitrogens with zero attached hydrogens (tertiary/aromatic N) is 2. The first-order chi connectivity index (χ1) is 12.9. The van der Waals surface area contributed by atoms with Crippen molar-refractivity contribution < 1.29 is 9.59 Å². The normalized spacial score (nSPS) is 10.5. The van der Waals surface area contributed by atoms with Gasteiger partial charge in [-0.1, -0.05) is 29.8 Å². The van der Waals surface area contributed by atoms with Crippen LogP contribution in [0.25, 0.3) is 11.1 Å². The van der Waals surface area contributed by atoms with Crippen LogP contribution in [0.4, 0.5) is 5.82 Å². The minimum atomic E-state index is -0.280. The van der Waals surface area contributed by atoms with Crippen molar-refractivity contribution in [1.29, 1.82) is 0 Å². The number of anilines is 1. The Hall–Kier alpha value is -2.99. The molecule has 3 rings (SSSR count). The summed E-state index contributed by atoms with van der Waals surface area (Å²) >= 11 is 1.38. The fraction of sp³-hybridized carbons (Fsp3) is 0.190. The Bertz CT molecular complexity index is 964. The molecule has 1 aromatic carbocycles. The van der Waals surface area contributed by atoms with Crippen LogP contribution in [0.2, 0.25) is 0 Å². The highest BCUT2D eigenvalue weighted by molar-refractivity contribution is 7.12. The minimum absolute atomic E-state index is 0.0420. The Balaban J connectivity index is 1.70. The lowest BCUT2D eigenvalue weighted by Gasteiger charge is -2.17. The van der Waals surface area contributed by atoms with Crippen molar-refractivity contribution in [3.8, 4) is 11.1 Å². The van der Waals surface area contributed by atoms with Crippen LogP contribution in [-0.4, -0.2) is 35.3 Å². The van der Waals surface area contributed by atoms with Crippen molar-refractivity contribution in [2.24, 2.45) is 0 Å². The van der Waals surface area contributed by atoms with Gasteiger partial charge in [0.2, 0.25) is 5.91 Å². The Kier molecular flexibility index (Phi) is 5.66. The van der Waals surface area contributed by atoms with E-state index in [2.05, 4.69) is 10.3 Å². The summed E-state index contributed by atoms with van der Waals surface area (Å²) in [7, 11) is 1.63. The van der Waals surface area contributed by atoms with Crippen molar-refractivity contribution >= 4 is 29.0 Å². The molecule has 0 bridgehead atoms. The summed E-state index contributed by atoms with van der Waals surface area (Å²) in [6, 6.07) is 13.6. The van der Waals surface area contributed by atoms with Crippen LogP contribution in [0, 0.1) is 13.8 Å². The number of rotatable bonds is 5. The van der Waals surface area contributed by atoms with Gasteiger partial charge in [0.1, 0.15) is 5.82 Å². The van der Waals surface area contributed by atoms with Gasteiger partial charge in [0.15, 0.2) is 0 Å². The Morgan fingerprint density at radius 2 is 1.81 bits per heavy atom. The van der Waals surface area contributed by atoms with Crippen molar-refractivity contribution in [2.75, 3.05) is 18.9 Å². The lowest BCUT2D eigenvalue weighted by Crippen LogP contribution is -2.34. The highest BCUT2D eigenvalue weighted by atomic mass is 32.1. The van der Waals surface area contributed by atoms with Crippen molar-refractivity contribution in [3.05, 3.63) is 70.0 Å². The molecule has 3 aromatic rings. The number of amides is 2. The highest BCUT2D eigenvalue weighted by Gasteiger charge is 2.20. The second kappa shape index (κ2) is 8.14. The number of hydrogen-bond donors (Lipinski definition) is 1. The van der Waals surface area contributed by atoms with Gasteiger partial charge in [-0.15, -0.1) is 11.3 Å². The largest absolute Gasteiger partial charge is 0.332 e. The third-order valence-corrected chi connectivity index (χ3v) is 5.03. The number of thiophene rings is 1. The topological polar surface area (TPSA) is 62.3 Å². The maximum absolute atomic E-state index is 12.8. The molecule has 0 radical (unpaired) electrons. The average molecular weight is 379 g/mol. The van der Waals surface area contributed by atoms with E-state index >= 15 is 0 Å². The smallest absolute Gasteiger partial charge is 0.264 e. The quantitative estimate of drug-likeness (QED) is 0.725. The van der Waals surface area contributed by atoms with E-state index in [0.29, 0.717) is 10.7 Å². The predicted molar refractivity (Wildman–Crippen MR) is 109 cm³/mol. The van der Waals surface area contributed by atoms with E-state index in [4.69, 9.17) is 0 Å². The molecule has 0 saturated heterocycles. The molecule has 0 atom stereocenters. The zero-order valence-electron chi connectivity index (χ0n) is 15.5. The molecular formula is C21H21N3O2S. The maximum atomic E-state index is 12.8. The summed E-state index contributed by atoms with van der Waals surface area (Å²) in [6.07, 6.45) is 1.64. The summed E-state index contributed by atoms with van der Waals surface area (Å²) in [5.41, 5.74) is 4.05. The second-order valence-electron chi connectivity index (χ2n) is 6.46. The van der Waals surface area contributed by atoms with Crippen molar-refractivity contribution in [2.45, 2.75) is 13.8 Å². The minimum Gasteiger partial charge on any atom is -0.332 e. The lowest BCUT2D eigenvalue weighted by molar-refractivity contribution is -0.116. The first-order valence-corrected chi connectivity index (χ1v) is 9.44. The molecule has 2 amide bonds. The molecule has 2 heterocycles. The number of pyridine rings is 1. The molecule has 2 aromatic heterocycles. The van der Waals surface area contributed by atoms with Crippen LogP contribution in [0.1, 0.15) is 20.8 Å². The van der Waals surface area contributed by atoms with Gasteiger partial charge >= 0.3 is 0 Å². The van der Waals surface area contributed by atoms with Gasteiger partial charge in [-0.3, -0.25) is 9.59 Å². The number of benzene rings is 1. The summed E-state index contributed by atoms with van der Waals surface area (Å²) in [5, 5.41) is 4.62. The molecule has 0 aliphatic heterocycles. The van der Waals surface area contributed by atoms with Gasteiger partial charge in [-0.25, -0.2) is 4.98 Å². The van der Waals surface area contributed by atoms with E-state index in [1.165, 1.54) is 21.8 Å². The molecule has 0 aliphatic carbocycles. The molecule has 0 spiro atoms. The Morgan fingerprint density at radius 3 is 2.52 bits per heavy atom. The van der Waals surface area contributed by atoms with Crippen LogP contribution < -0.4 is 5.32 Å². The predicted octanol–water partition coefficient (Wildman–Crippen LogP) is 4.14. The third-order valence-electron chi connectivity index (χ3n) is 4.13. The van der Waals surface area contributed by atoms with E-state index in [0.717, 1.165) is 16.7 Å². The first kappa shape index (κ1) is 18.8. The fourth-order valence-corrected chi connectivity index (χ4v) is 3.59. The van der Waals surface area contributed by atoms with E-state index in [9.17, 15) is 9.59 Å². The van der Waals surface area contributed by atoms with Gasteiger partial charge in [0.25, 0.3) is 5.91 Å². The van der Waals surface area contributed by atoms with Crippen LogP contribution in [0.5, 0.6) is 0 Å². The van der Waals surface area contributed by atoms with Crippen LogP contribution in [-0.2, 0) is 4.79 Å². The number of aromatic nitrogens is 1. The fourth-order valence-electron chi connectivity index (χ4n) is 2.68. The number of aryl methyl sites for hydroxylation is 2. The van der Waals surface area contributed by atoms with Gasteiger partial charge in [-0.05, 0) is 48.6 Å². The van der Waals surface area contributed by atoms with Crippen molar-refractivity contribution in [1.82, 2.24) is 9.88 Å². The Morgan fingerprint density at radius 1 is 1.07 bits per heavy atom. The molecule has 6 heteroatoms. The van der Waals surface area contributed by atoms with Crippen LogP contribution >= 0.6 is 11.3 Å².